The van der Waals surface area contributed by atoms with E-state index in [4.69, 9.17) is 0 Å². The maximum Gasteiger partial charge on any atom is -0.0190 e. The molecule has 0 saturated carbocycles. The fourth-order valence-electron chi connectivity index (χ4n) is 3.70. The summed E-state index contributed by atoms with van der Waals surface area (Å²) >= 11 is 0. The molecule has 0 heterocycles. The normalized spacial score (nSPS) is 13.6. The van der Waals surface area contributed by atoms with Gasteiger partial charge in [-0.1, -0.05) is 120 Å². The maximum atomic E-state index is 3.56. The van der Waals surface area contributed by atoms with Gasteiger partial charge in [0.2, 0.25) is 0 Å². The Hall–Kier alpha value is -1.56. The standard InChI is InChI=1S/C14H24.C11H16.C4H8/c1-3-8-13(9-4-2)12-14-10-6-5-7-11-14;1-3-7-10(2)11-8-5-4-6-9-11;1-4(2)3/h6,10-11,13H,3-5,7-9,12H2,1-2H3;4-6,8-10H,3,7H2,1-2H3;1H2,2-3H3. The van der Waals surface area contributed by atoms with E-state index in [0.29, 0.717) is 0 Å². The Morgan fingerprint density at radius 1 is 0.897 bits per heavy atom. The van der Waals surface area contributed by atoms with Crippen LogP contribution in [0.25, 0.3) is 0 Å². The fraction of sp³-hybridized carbons (Fsp3) is 0.586. The van der Waals surface area contributed by atoms with Crippen molar-refractivity contribution in [1.82, 2.24) is 0 Å². The zero-order valence-corrected chi connectivity index (χ0v) is 20.3. The van der Waals surface area contributed by atoms with Crippen molar-refractivity contribution in [3.63, 3.8) is 0 Å². The zero-order chi connectivity index (χ0) is 21.9. The molecule has 0 N–H and O–H groups in total. The quantitative estimate of drug-likeness (QED) is 0.364. The van der Waals surface area contributed by atoms with Crippen molar-refractivity contribution in [1.29, 1.82) is 0 Å². The minimum Gasteiger partial charge on any atom is -0.100 e. The molecule has 0 fully saturated rings. The highest BCUT2D eigenvalue weighted by molar-refractivity contribution is 5.22. The van der Waals surface area contributed by atoms with Crippen LogP contribution in [0.4, 0.5) is 0 Å². The molecule has 0 nitrogen and oxygen atoms in total. The first-order valence-electron chi connectivity index (χ1n) is 12.0. The first-order valence-corrected chi connectivity index (χ1v) is 12.0. The summed E-state index contributed by atoms with van der Waals surface area (Å²) < 4.78 is 0. The van der Waals surface area contributed by atoms with Crippen LogP contribution in [0.2, 0.25) is 0 Å². The summed E-state index contributed by atoms with van der Waals surface area (Å²) in [5.41, 5.74) is 4.22. The molecular formula is C29H48. The molecule has 0 radical (unpaired) electrons. The van der Waals surface area contributed by atoms with Gasteiger partial charge in [0.1, 0.15) is 0 Å². The van der Waals surface area contributed by atoms with Gasteiger partial charge in [-0.2, -0.15) is 0 Å². The van der Waals surface area contributed by atoms with Crippen LogP contribution < -0.4 is 0 Å². The lowest BCUT2D eigenvalue weighted by molar-refractivity contribution is 0.438. The monoisotopic (exact) mass is 396 g/mol. The van der Waals surface area contributed by atoms with Gasteiger partial charge in [0.25, 0.3) is 0 Å². The first kappa shape index (κ1) is 27.4. The van der Waals surface area contributed by atoms with Gasteiger partial charge in [0, 0.05) is 0 Å². The van der Waals surface area contributed by atoms with Gasteiger partial charge in [-0.25, -0.2) is 0 Å². The lowest BCUT2D eigenvalue weighted by Crippen LogP contribution is -2.01. The molecule has 2 rings (SSSR count). The van der Waals surface area contributed by atoms with Crippen LogP contribution in [0.15, 0.2) is 66.3 Å². The number of hydrogen-bond donors (Lipinski definition) is 0. The van der Waals surface area contributed by atoms with E-state index in [1.165, 1.54) is 68.9 Å². The molecule has 1 aromatic rings. The SMILES string of the molecule is C=C(C)C.CCCC(C)c1ccccc1.CCCC(CCC)CC1=CCCC=C1. The predicted molar refractivity (Wildman–Crippen MR) is 135 cm³/mol. The number of hydrogen-bond acceptors (Lipinski definition) is 0. The predicted octanol–water partition coefficient (Wildman–Crippen LogP) is 10.0. The fourth-order valence-corrected chi connectivity index (χ4v) is 3.70. The summed E-state index contributed by atoms with van der Waals surface area (Å²) in [4.78, 5) is 0. The van der Waals surface area contributed by atoms with E-state index in [2.05, 4.69) is 82.8 Å². The Kier molecular flexibility index (Phi) is 17.5. The lowest BCUT2D eigenvalue weighted by atomic mass is 9.89. The molecule has 0 saturated heterocycles. The van der Waals surface area contributed by atoms with Crippen molar-refractivity contribution < 1.29 is 0 Å². The molecule has 0 aromatic heterocycles. The van der Waals surface area contributed by atoms with Crippen molar-refractivity contribution in [2.24, 2.45) is 5.92 Å². The van der Waals surface area contributed by atoms with Crippen molar-refractivity contribution >= 4 is 0 Å². The third-order valence-corrected chi connectivity index (χ3v) is 5.08. The molecule has 164 valence electrons. The molecule has 1 unspecified atom stereocenters. The summed E-state index contributed by atoms with van der Waals surface area (Å²) in [5, 5.41) is 0. The van der Waals surface area contributed by atoms with E-state index >= 15 is 0 Å². The molecule has 1 aliphatic carbocycles. The molecule has 1 aliphatic rings. The Labute approximate surface area is 183 Å². The summed E-state index contributed by atoms with van der Waals surface area (Å²) in [6.45, 7) is 16.6. The molecule has 0 amide bonds. The van der Waals surface area contributed by atoms with E-state index in [1.807, 2.05) is 13.8 Å². The highest BCUT2D eigenvalue weighted by atomic mass is 14.1. The number of benzene rings is 1. The van der Waals surface area contributed by atoms with Crippen LogP contribution in [0.5, 0.6) is 0 Å². The van der Waals surface area contributed by atoms with E-state index in [0.717, 1.165) is 11.8 Å². The Morgan fingerprint density at radius 2 is 1.45 bits per heavy atom. The van der Waals surface area contributed by atoms with Crippen LogP contribution in [0.3, 0.4) is 0 Å². The minimum absolute atomic E-state index is 0.723. The van der Waals surface area contributed by atoms with Crippen LogP contribution in [-0.2, 0) is 0 Å². The zero-order valence-electron chi connectivity index (χ0n) is 20.3. The molecule has 1 aromatic carbocycles. The van der Waals surface area contributed by atoms with Gasteiger partial charge in [-0.3, -0.25) is 0 Å². The van der Waals surface area contributed by atoms with Gasteiger partial charge < -0.3 is 0 Å². The topological polar surface area (TPSA) is 0 Å². The van der Waals surface area contributed by atoms with E-state index in [1.54, 1.807) is 5.57 Å². The Balaban J connectivity index is 0.000000466. The Bertz CT molecular complexity index is 551. The maximum absolute atomic E-state index is 3.56. The van der Waals surface area contributed by atoms with Crippen molar-refractivity contribution in [2.75, 3.05) is 0 Å². The second kappa shape index (κ2) is 18.5. The van der Waals surface area contributed by atoms with Gasteiger partial charge in [-0.15, -0.1) is 6.58 Å². The molecule has 1 atom stereocenters. The molecule has 0 spiro atoms. The molecule has 0 bridgehead atoms. The van der Waals surface area contributed by atoms with E-state index in [9.17, 15) is 0 Å². The van der Waals surface area contributed by atoms with Crippen LogP contribution >= 0.6 is 0 Å². The highest BCUT2D eigenvalue weighted by Crippen LogP contribution is 2.25. The highest BCUT2D eigenvalue weighted by Gasteiger charge is 2.09. The average Bonchev–Trinajstić information content (AvgIpc) is 2.70. The summed E-state index contributed by atoms with van der Waals surface area (Å²) in [5.74, 6) is 1.65. The minimum atomic E-state index is 0.723. The van der Waals surface area contributed by atoms with Crippen LogP contribution in [-0.4, -0.2) is 0 Å². The third kappa shape index (κ3) is 16.0. The summed E-state index contributed by atoms with van der Waals surface area (Å²) in [7, 11) is 0. The van der Waals surface area contributed by atoms with Crippen molar-refractivity contribution in [3.05, 3.63) is 71.8 Å². The summed E-state index contributed by atoms with van der Waals surface area (Å²) in [6, 6.07) is 10.7. The third-order valence-electron chi connectivity index (χ3n) is 5.08. The molecular weight excluding hydrogens is 348 g/mol. The van der Waals surface area contributed by atoms with Gasteiger partial charge in [-0.05, 0) is 56.9 Å². The summed E-state index contributed by atoms with van der Waals surface area (Å²) in [6.07, 6.45) is 19.0. The number of allylic oxidation sites excluding steroid dienone is 5. The van der Waals surface area contributed by atoms with Crippen LogP contribution in [0, 0.1) is 5.92 Å². The van der Waals surface area contributed by atoms with Gasteiger partial charge in [0.15, 0.2) is 0 Å². The first-order chi connectivity index (χ1) is 13.9. The van der Waals surface area contributed by atoms with E-state index < -0.39 is 0 Å². The van der Waals surface area contributed by atoms with Gasteiger partial charge in [0.05, 0.1) is 0 Å². The largest absolute Gasteiger partial charge is 0.100 e. The molecule has 0 aliphatic heterocycles. The van der Waals surface area contributed by atoms with Crippen molar-refractivity contribution in [2.45, 2.75) is 105 Å². The van der Waals surface area contributed by atoms with Crippen molar-refractivity contribution in [3.8, 4) is 0 Å². The number of rotatable bonds is 9. The molecule has 29 heavy (non-hydrogen) atoms. The van der Waals surface area contributed by atoms with E-state index in [-0.39, 0.29) is 0 Å². The van der Waals surface area contributed by atoms with Crippen LogP contribution in [0.1, 0.15) is 111 Å². The lowest BCUT2D eigenvalue weighted by Gasteiger charge is -2.17. The molecule has 0 heteroatoms. The average molecular weight is 397 g/mol. The smallest absolute Gasteiger partial charge is 0.0190 e. The Morgan fingerprint density at radius 3 is 1.90 bits per heavy atom. The second-order valence-corrected chi connectivity index (χ2v) is 8.71. The second-order valence-electron chi connectivity index (χ2n) is 8.71. The van der Waals surface area contributed by atoms with Gasteiger partial charge >= 0.3 is 0 Å².